The number of aliphatic hydroxyl groups is 1. The maximum atomic E-state index is 13.3. The average molecular weight is 509 g/mol. The van der Waals surface area contributed by atoms with E-state index in [0.717, 1.165) is 32.1 Å². The lowest BCUT2D eigenvalue weighted by Crippen LogP contribution is -2.58. The molecule has 0 aromatic carbocycles. The van der Waals surface area contributed by atoms with Gasteiger partial charge >= 0.3 is 11.9 Å². The van der Waals surface area contributed by atoms with Crippen molar-refractivity contribution >= 4 is 11.9 Å². The first-order chi connectivity index (χ1) is 17.0. The Morgan fingerprint density at radius 1 is 1.22 bits per heavy atom. The molecule has 36 heavy (non-hydrogen) atoms. The molecule has 0 spiro atoms. The van der Waals surface area contributed by atoms with E-state index in [1.807, 2.05) is 13.8 Å². The Morgan fingerprint density at radius 2 is 1.94 bits per heavy atom. The molecular formula is C28H44O8. The molecule has 3 heterocycles. The van der Waals surface area contributed by atoms with Gasteiger partial charge in [-0.3, -0.25) is 14.8 Å². The smallest absolute Gasteiger partial charge is 0.309 e. The molecule has 4 fully saturated rings. The molecule has 4 aliphatic rings. The highest BCUT2D eigenvalue weighted by atomic mass is 17.1. The molecule has 204 valence electrons. The van der Waals surface area contributed by atoms with E-state index in [9.17, 15) is 20.0 Å². The molecule has 8 nitrogen and oxygen atoms in total. The molecule has 1 saturated carbocycles. The van der Waals surface area contributed by atoms with E-state index in [2.05, 4.69) is 13.5 Å². The zero-order valence-corrected chi connectivity index (χ0v) is 22.2. The normalized spacial score (nSPS) is 44.2. The van der Waals surface area contributed by atoms with Crippen molar-refractivity contribution in [2.24, 2.45) is 23.7 Å². The van der Waals surface area contributed by atoms with Crippen LogP contribution in [0.1, 0.15) is 91.9 Å². The topological polar surface area (TPSA) is 112 Å². The summed E-state index contributed by atoms with van der Waals surface area (Å²) in [5.41, 5.74) is -1.69. The molecule has 10 atom stereocenters. The third kappa shape index (κ3) is 4.98. The predicted molar refractivity (Wildman–Crippen MR) is 132 cm³/mol. The van der Waals surface area contributed by atoms with Crippen LogP contribution in [0.25, 0.3) is 0 Å². The van der Waals surface area contributed by atoms with Gasteiger partial charge in [0.1, 0.15) is 18.3 Å². The van der Waals surface area contributed by atoms with Gasteiger partial charge in [-0.15, -0.1) is 0 Å². The minimum atomic E-state index is -1.30. The Balaban J connectivity index is 1.69. The highest BCUT2D eigenvalue weighted by Crippen LogP contribution is 2.59. The zero-order chi connectivity index (χ0) is 26.3. The summed E-state index contributed by atoms with van der Waals surface area (Å²) in [6.07, 6.45) is 4.34. The highest BCUT2D eigenvalue weighted by Gasteiger charge is 2.68. The number of unbranched alkanes of at least 4 members (excludes halogenated alkanes) is 4. The number of hydrogen-bond acceptors (Lipinski definition) is 8. The van der Waals surface area contributed by atoms with Gasteiger partial charge in [-0.2, -0.15) is 0 Å². The van der Waals surface area contributed by atoms with Crippen LogP contribution in [0, 0.1) is 23.7 Å². The summed E-state index contributed by atoms with van der Waals surface area (Å²) in [6, 6.07) is 0. The summed E-state index contributed by atoms with van der Waals surface area (Å²) < 4.78 is 18.9. The Labute approximate surface area is 214 Å². The SMILES string of the molecule is C=C1CC2OC3C4C(CCC(C)(O)C24)C(C)C(=O)OC3(C)C(OC(=O)CCCCCCC)CC1OO. The number of carbonyl (C=O) groups excluding carboxylic acids is 2. The van der Waals surface area contributed by atoms with Crippen LogP contribution in [0.2, 0.25) is 0 Å². The van der Waals surface area contributed by atoms with Crippen LogP contribution in [0.15, 0.2) is 12.2 Å². The van der Waals surface area contributed by atoms with Gasteiger partial charge in [0.15, 0.2) is 5.60 Å². The molecule has 0 radical (unpaired) electrons. The minimum Gasteiger partial charge on any atom is -0.458 e. The van der Waals surface area contributed by atoms with Gasteiger partial charge in [0.2, 0.25) is 0 Å². The van der Waals surface area contributed by atoms with Gasteiger partial charge in [0, 0.05) is 24.7 Å². The lowest BCUT2D eigenvalue weighted by atomic mass is 9.58. The van der Waals surface area contributed by atoms with E-state index in [1.54, 1.807) is 6.92 Å². The number of rotatable bonds is 8. The first-order valence-electron chi connectivity index (χ1n) is 13.8. The summed E-state index contributed by atoms with van der Waals surface area (Å²) >= 11 is 0. The Kier molecular flexibility index (Phi) is 8.20. The number of carbonyl (C=O) groups is 2. The third-order valence-electron chi connectivity index (χ3n) is 9.45. The van der Waals surface area contributed by atoms with Gasteiger partial charge in [0.05, 0.1) is 17.6 Å². The quantitative estimate of drug-likeness (QED) is 0.161. The lowest BCUT2D eigenvalue weighted by Gasteiger charge is -2.47. The average Bonchev–Trinajstić information content (AvgIpc) is 3.19. The Bertz CT molecular complexity index is 839. The number of esters is 2. The van der Waals surface area contributed by atoms with Crippen LogP contribution in [0.4, 0.5) is 0 Å². The molecule has 2 bridgehead atoms. The summed E-state index contributed by atoms with van der Waals surface area (Å²) in [5, 5.41) is 21.2. The van der Waals surface area contributed by atoms with E-state index < -0.39 is 29.5 Å². The molecule has 4 rings (SSSR count). The van der Waals surface area contributed by atoms with Crippen molar-refractivity contribution in [2.45, 2.75) is 128 Å². The molecule has 1 aliphatic carbocycles. The lowest BCUT2D eigenvalue weighted by molar-refractivity contribution is -0.279. The van der Waals surface area contributed by atoms with Crippen LogP contribution in [0.5, 0.6) is 0 Å². The fraction of sp³-hybridized carbons (Fsp3) is 0.857. The summed E-state index contributed by atoms with van der Waals surface area (Å²) in [5.74, 6) is -1.49. The molecule has 0 aromatic heterocycles. The van der Waals surface area contributed by atoms with Crippen molar-refractivity contribution in [1.29, 1.82) is 0 Å². The molecule has 2 N–H and O–H groups in total. The van der Waals surface area contributed by atoms with Crippen LogP contribution in [0.3, 0.4) is 0 Å². The van der Waals surface area contributed by atoms with Crippen molar-refractivity contribution in [3.05, 3.63) is 12.2 Å². The van der Waals surface area contributed by atoms with Gasteiger partial charge in [-0.25, -0.2) is 4.89 Å². The molecule has 3 saturated heterocycles. The fourth-order valence-electron chi connectivity index (χ4n) is 7.35. The van der Waals surface area contributed by atoms with Crippen molar-refractivity contribution in [2.75, 3.05) is 0 Å². The molecule has 0 amide bonds. The van der Waals surface area contributed by atoms with Crippen LogP contribution in [-0.4, -0.2) is 57.9 Å². The predicted octanol–water partition coefficient (Wildman–Crippen LogP) is 4.58. The van der Waals surface area contributed by atoms with Crippen molar-refractivity contribution in [3.63, 3.8) is 0 Å². The maximum Gasteiger partial charge on any atom is 0.309 e. The van der Waals surface area contributed by atoms with Gasteiger partial charge in [-0.1, -0.05) is 46.1 Å². The number of fused-ring (bicyclic) bond motifs is 2. The fourth-order valence-corrected chi connectivity index (χ4v) is 7.35. The van der Waals surface area contributed by atoms with E-state index in [0.29, 0.717) is 24.8 Å². The van der Waals surface area contributed by atoms with E-state index in [-0.39, 0.29) is 54.6 Å². The largest absolute Gasteiger partial charge is 0.458 e. The van der Waals surface area contributed by atoms with E-state index in [1.165, 1.54) is 0 Å². The van der Waals surface area contributed by atoms with E-state index >= 15 is 0 Å². The van der Waals surface area contributed by atoms with Gasteiger partial charge in [0.25, 0.3) is 0 Å². The van der Waals surface area contributed by atoms with Crippen molar-refractivity contribution in [1.82, 2.24) is 0 Å². The summed E-state index contributed by atoms with van der Waals surface area (Å²) in [4.78, 5) is 31.1. The second-order valence-corrected chi connectivity index (χ2v) is 12.0. The number of ether oxygens (including phenoxy) is 3. The second kappa shape index (κ2) is 10.7. The molecule has 3 aliphatic heterocycles. The van der Waals surface area contributed by atoms with Crippen LogP contribution < -0.4 is 0 Å². The molecule has 10 unspecified atom stereocenters. The molecule has 0 aromatic rings. The number of hydrogen-bond donors (Lipinski definition) is 2. The maximum absolute atomic E-state index is 13.3. The third-order valence-corrected chi connectivity index (χ3v) is 9.45. The standard InChI is InChI=1S/C28H44O8/c1-6-7-8-9-10-11-22(29)34-21-15-19(36-32)16(2)14-20-24-23-18(12-13-27(24,4)31)17(3)26(30)35-28(21,5)25(23)33-20/h17-21,23-25,31-32H,2,6-15H2,1,3-5H3. The molecular weight excluding hydrogens is 464 g/mol. The van der Waals surface area contributed by atoms with Gasteiger partial charge in [-0.05, 0) is 51.0 Å². The second-order valence-electron chi connectivity index (χ2n) is 12.0. The van der Waals surface area contributed by atoms with Crippen molar-refractivity contribution in [3.8, 4) is 0 Å². The van der Waals surface area contributed by atoms with Crippen molar-refractivity contribution < 1.29 is 39.1 Å². The highest BCUT2D eigenvalue weighted by molar-refractivity contribution is 5.74. The van der Waals surface area contributed by atoms with E-state index in [4.69, 9.17) is 19.1 Å². The summed E-state index contributed by atoms with van der Waals surface area (Å²) in [6.45, 7) is 11.8. The molecule has 8 heteroatoms. The summed E-state index contributed by atoms with van der Waals surface area (Å²) in [7, 11) is 0. The van der Waals surface area contributed by atoms with Crippen LogP contribution in [-0.2, 0) is 28.7 Å². The first kappa shape index (κ1) is 27.6. The van der Waals surface area contributed by atoms with Crippen LogP contribution >= 0.6 is 0 Å². The first-order valence-corrected chi connectivity index (χ1v) is 13.8. The Hall–Kier alpha value is -1.48. The monoisotopic (exact) mass is 508 g/mol. The zero-order valence-electron chi connectivity index (χ0n) is 22.2. The minimum absolute atomic E-state index is 0.00736. The Morgan fingerprint density at radius 3 is 2.64 bits per heavy atom. The van der Waals surface area contributed by atoms with Gasteiger partial charge < -0.3 is 19.3 Å².